The topological polar surface area (TPSA) is 92.8 Å². The summed E-state index contributed by atoms with van der Waals surface area (Å²) in [5, 5.41) is 2.71. The zero-order valence-electron chi connectivity index (χ0n) is 17.7. The second kappa shape index (κ2) is 10.9. The number of nitrogens with one attached hydrogen (secondary N) is 1. The maximum absolute atomic E-state index is 13.0. The van der Waals surface area contributed by atoms with Crippen molar-refractivity contribution in [1.82, 2.24) is 4.31 Å². The number of ether oxygens (including phenoxy) is 1. The normalized spacial score (nSPS) is 15.6. The lowest BCUT2D eigenvalue weighted by molar-refractivity contribution is -0.152. The molecule has 2 aromatic carbocycles. The number of sulfonamides is 1. The highest BCUT2D eigenvalue weighted by Crippen LogP contribution is 2.35. The van der Waals surface area contributed by atoms with E-state index in [1.807, 2.05) is 0 Å². The third-order valence-electron chi connectivity index (χ3n) is 5.21. The van der Waals surface area contributed by atoms with Crippen molar-refractivity contribution >= 4 is 62.4 Å². The first kappa shape index (κ1) is 27.5. The standard InChI is InChI=1S/C21H18Cl3F3N2O5S/c22-14-2-4-17(16(24)10-14)28-19(30)11-34-20(31)12-5-7-29(8-6-12)35(32,33)18-9-13(21(25,26)27)1-3-15(18)23/h1-4,9-10,12H,5-8,11H2,(H,28,30). The number of piperidine rings is 1. The largest absolute Gasteiger partial charge is 0.455 e. The highest BCUT2D eigenvalue weighted by atomic mass is 35.5. The van der Waals surface area contributed by atoms with E-state index in [9.17, 15) is 31.2 Å². The van der Waals surface area contributed by atoms with Gasteiger partial charge in [0.1, 0.15) is 4.90 Å². The number of carbonyl (C=O) groups excluding carboxylic acids is 2. The van der Waals surface area contributed by atoms with Crippen molar-refractivity contribution < 1.29 is 35.9 Å². The molecule has 2 aromatic rings. The first-order valence-electron chi connectivity index (χ1n) is 10.1. The summed E-state index contributed by atoms with van der Waals surface area (Å²) in [6, 6.07) is 6.49. The third-order valence-corrected chi connectivity index (χ3v) is 8.14. The van der Waals surface area contributed by atoms with Gasteiger partial charge in [-0.15, -0.1) is 0 Å². The SMILES string of the molecule is O=C(COC(=O)C1CCN(S(=O)(=O)c2cc(C(F)(F)F)ccc2Cl)CC1)Nc1ccc(Cl)cc1Cl. The maximum atomic E-state index is 13.0. The van der Waals surface area contributed by atoms with Gasteiger partial charge in [-0.1, -0.05) is 34.8 Å². The summed E-state index contributed by atoms with van der Waals surface area (Å²) in [5.41, 5.74) is -0.860. The lowest BCUT2D eigenvalue weighted by Gasteiger charge is -2.30. The molecular formula is C21H18Cl3F3N2O5S. The van der Waals surface area contributed by atoms with E-state index in [4.69, 9.17) is 39.5 Å². The molecule has 14 heteroatoms. The third kappa shape index (κ3) is 6.79. The van der Waals surface area contributed by atoms with Crippen LogP contribution in [0.25, 0.3) is 0 Å². The van der Waals surface area contributed by atoms with Gasteiger partial charge in [0.2, 0.25) is 10.0 Å². The molecule has 1 amide bonds. The number of hydrogen-bond donors (Lipinski definition) is 1. The van der Waals surface area contributed by atoms with E-state index in [-0.39, 0.29) is 41.7 Å². The monoisotopic (exact) mass is 572 g/mol. The number of carbonyl (C=O) groups is 2. The van der Waals surface area contributed by atoms with Gasteiger partial charge in [0.25, 0.3) is 5.91 Å². The minimum atomic E-state index is -4.74. The van der Waals surface area contributed by atoms with Gasteiger partial charge in [0.15, 0.2) is 6.61 Å². The molecule has 0 aliphatic carbocycles. The van der Waals surface area contributed by atoms with Crippen LogP contribution in [0.15, 0.2) is 41.3 Å². The fourth-order valence-corrected chi connectivity index (χ4v) is 5.81. The van der Waals surface area contributed by atoms with Gasteiger partial charge >= 0.3 is 12.1 Å². The number of anilines is 1. The zero-order chi connectivity index (χ0) is 26.0. The van der Waals surface area contributed by atoms with E-state index < -0.39 is 51.1 Å². The van der Waals surface area contributed by atoms with E-state index in [2.05, 4.69) is 5.32 Å². The molecule has 0 bridgehead atoms. The lowest BCUT2D eigenvalue weighted by Crippen LogP contribution is -2.41. The average Bonchev–Trinajstić information content (AvgIpc) is 2.79. The summed E-state index contributed by atoms with van der Waals surface area (Å²) < 4.78 is 70.8. The molecule has 1 heterocycles. The van der Waals surface area contributed by atoms with Gasteiger partial charge in [0, 0.05) is 18.1 Å². The van der Waals surface area contributed by atoms with Gasteiger partial charge in [-0.3, -0.25) is 9.59 Å². The van der Waals surface area contributed by atoms with Gasteiger partial charge in [-0.2, -0.15) is 17.5 Å². The number of benzene rings is 2. The first-order valence-corrected chi connectivity index (χ1v) is 12.6. The Balaban J connectivity index is 1.56. The van der Waals surface area contributed by atoms with E-state index in [1.54, 1.807) is 0 Å². The molecule has 1 fully saturated rings. The molecule has 0 saturated carbocycles. The molecular weight excluding hydrogens is 556 g/mol. The van der Waals surface area contributed by atoms with Crippen molar-refractivity contribution in [1.29, 1.82) is 0 Å². The number of nitrogens with zero attached hydrogens (tertiary/aromatic N) is 1. The van der Waals surface area contributed by atoms with Gasteiger partial charge in [-0.05, 0) is 49.2 Å². The first-order chi connectivity index (χ1) is 16.3. The van der Waals surface area contributed by atoms with Crippen LogP contribution in [-0.4, -0.2) is 44.3 Å². The number of amides is 1. The van der Waals surface area contributed by atoms with E-state index in [0.29, 0.717) is 17.2 Å². The minimum absolute atomic E-state index is 0.0548. The molecule has 190 valence electrons. The number of alkyl halides is 3. The Morgan fingerprint density at radius 1 is 1.03 bits per heavy atom. The molecule has 0 aromatic heterocycles. The Kier molecular flexibility index (Phi) is 8.59. The summed E-state index contributed by atoms with van der Waals surface area (Å²) in [4.78, 5) is 23.7. The summed E-state index contributed by atoms with van der Waals surface area (Å²) in [5.74, 6) is -2.02. The van der Waals surface area contributed by atoms with Crippen LogP contribution in [0.4, 0.5) is 18.9 Å². The predicted molar refractivity (Wildman–Crippen MR) is 124 cm³/mol. The number of halogens is 6. The van der Waals surface area contributed by atoms with Crippen LogP contribution in [0.2, 0.25) is 15.1 Å². The summed E-state index contributed by atoms with van der Waals surface area (Å²) >= 11 is 17.6. The van der Waals surface area contributed by atoms with E-state index in [0.717, 1.165) is 10.4 Å². The van der Waals surface area contributed by atoms with Crippen molar-refractivity contribution in [3.05, 3.63) is 57.0 Å². The summed E-state index contributed by atoms with van der Waals surface area (Å²) in [6.45, 7) is -0.862. The quantitative estimate of drug-likeness (QED) is 0.477. The Morgan fingerprint density at radius 3 is 2.29 bits per heavy atom. The highest BCUT2D eigenvalue weighted by Gasteiger charge is 2.37. The molecule has 7 nitrogen and oxygen atoms in total. The Morgan fingerprint density at radius 2 is 1.69 bits per heavy atom. The van der Waals surface area contributed by atoms with Gasteiger partial charge < -0.3 is 10.1 Å². The number of rotatable bonds is 6. The number of hydrogen-bond acceptors (Lipinski definition) is 5. The fraction of sp³-hybridized carbons (Fsp3) is 0.333. The van der Waals surface area contributed by atoms with Crippen molar-refractivity contribution in [3.63, 3.8) is 0 Å². The summed E-state index contributed by atoms with van der Waals surface area (Å²) in [7, 11) is -4.33. The average molecular weight is 574 g/mol. The molecule has 35 heavy (non-hydrogen) atoms. The Bertz CT molecular complexity index is 1230. The second-order valence-corrected chi connectivity index (χ2v) is 10.8. The van der Waals surface area contributed by atoms with Crippen LogP contribution in [-0.2, 0) is 30.5 Å². The van der Waals surface area contributed by atoms with Crippen LogP contribution >= 0.6 is 34.8 Å². The van der Waals surface area contributed by atoms with Gasteiger partial charge in [-0.25, -0.2) is 8.42 Å². The maximum Gasteiger partial charge on any atom is 0.416 e. The Hall–Kier alpha value is -2.05. The van der Waals surface area contributed by atoms with Crippen molar-refractivity contribution in [2.75, 3.05) is 25.0 Å². The van der Waals surface area contributed by atoms with Gasteiger partial charge in [0.05, 0.1) is 27.2 Å². The fourth-order valence-electron chi connectivity index (χ4n) is 3.38. The smallest absolute Gasteiger partial charge is 0.416 e. The van der Waals surface area contributed by atoms with Crippen molar-refractivity contribution in [3.8, 4) is 0 Å². The van der Waals surface area contributed by atoms with Crippen LogP contribution in [0.5, 0.6) is 0 Å². The zero-order valence-corrected chi connectivity index (χ0v) is 20.8. The van der Waals surface area contributed by atoms with E-state index >= 15 is 0 Å². The number of esters is 1. The van der Waals surface area contributed by atoms with Crippen molar-refractivity contribution in [2.24, 2.45) is 5.92 Å². The molecule has 0 unspecified atom stereocenters. The second-order valence-electron chi connectivity index (χ2n) is 7.60. The molecule has 0 atom stereocenters. The van der Waals surface area contributed by atoms with Crippen LogP contribution < -0.4 is 5.32 Å². The molecule has 1 N–H and O–H groups in total. The highest BCUT2D eigenvalue weighted by molar-refractivity contribution is 7.89. The van der Waals surface area contributed by atoms with Crippen molar-refractivity contribution in [2.45, 2.75) is 23.9 Å². The van der Waals surface area contributed by atoms with Crippen LogP contribution in [0.1, 0.15) is 18.4 Å². The molecule has 1 aliphatic rings. The molecule has 0 spiro atoms. The molecule has 1 aliphatic heterocycles. The van der Waals surface area contributed by atoms with E-state index in [1.165, 1.54) is 18.2 Å². The molecule has 0 radical (unpaired) electrons. The van der Waals surface area contributed by atoms with Crippen LogP contribution in [0.3, 0.4) is 0 Å². The lowest BCUT2D eigenvalue weighted by atomic mass is 9.98. The summed E-state index contributed by atoms with van der Waals surface area (Å²) in [6.07, 6.45) is -4.63. The Labute approximate surface area is 214 Å². The minimum Gasteiger partial charge on any atom is -0.455 e. The predicted octanol–water partition coefficient (Wildman–Crippen LogP) is 5.25. The van der Waals surface area contributed by atoms with Crippen LogP contribution in [0, 0.1) is 5.92 Å². The molecule has 1 saturated heterocycles. The molecule has 3 rings (SSSR count).